The van der Waals surface area contributed by atoms with Crippen molar-refractivity contribution in [2.45, 2.75) is 27.7 Å². The van der Waals surface area contributed by atoms with E-state index in [0.717, 1.165) is 0 Å². The minimum absolute atomic E-state index is 0.0741. The molecule has 2 aromatic heterocycles. The van der Waals surface area contributed by atoms with E-state index >= 15 is 0 Å². The molecule has 0 atom stereocenters. The van der Waals surface area contributed by atoms with Crippen LogP contribution in [0.15, 0.2) is 10.6 Å². The summed E-state index contributed by atoms with van der Waals surface area (Å²) in [5.41, 5.74) is 2.02. The molecule has 1 N–H and O–H groups in total. The van der Waals surface area contributed by atoms with E-state index in [1.165, 1.54) is 6.07 Å². The molecule has 0 unspecified atom stereocenters. The van der Waals surface area contributed by atoms with Gasteiger partial charge in [0, 0.05) is 17.3 Å². The van der Waals surface area contributed by atoms with Crippen LogP contribution in [0, 0.1) is 20.8 Å². The van der Waals surface area contributed by atoms with E-state index in [1.54, 1.807) is 27.7 Å². The molecule has 0 aromatic carbocycles. The van der Waals surface area contributed by atoms with Gasteiger partial charge in [-0.05, 0) is 33.3 Å². The molecule has 0 aliphatic carbocycles. The van der Waals surface area contributed by atoms with Gasteiger partial charge in [0.25, 0.3) is 0 Å². The van der Waals surface area contributed by atoms with Crippen molar-refractivity contribution in [2.75, 3.05) is 13.2 Å². The zero-order valence-corrected chi connectivity index (χ0v) is 13.9. The number of aromatic amines is 1. The zero-order chi connectivity index (χ0) is 17.9. The summed E-state index contributed by atoms with van der Waals surface area (Å²) in [5.74, 6) is -1.82. The molecule has 8 heteroatoms. The van der Waals surface area contributed by atoms with Crippen molar-refractivity contribution in [3.05, 3.63) is 40.0 Å². The van der Waals surface area contributed by atoms with Crippen LogP contribution in [-0.4, -0.2) is 41.1 Å². The van der Waals surface area contributed by atoms with Crippen molar-refractivity contribution in [2.24, 2.45) is 0 Å². The molecule has 128 valence electrons. The molecule has 0 radical (unpaired) electrons. The Morgan fingerprint density at radius 3 is 2.46 bits per heavy atom. The summed E-state index contributed by atoms with van der Waals surface area (Å²) < 4.78 is 14.6. The third-order valence-corrected chi connectivity index (χ3v) is 3.36. The SMILES string of the molecule is CCOC(=O)c1[nH]c(C)c(C(=O)COC(=O)c2cc(C)no2)c1C. The Balaban J connectivity index is 2.10. The van der Waals surface area contributed by atoms with Crippen LogP contribution in [0.2, 0.25) is 0 Å². The van der Waals surface area contributed by atoms with Crippen LogP contribution in [-0.2, 0) is 9.47 Å². The zero-order valence-electron chi connectivity index (χ0n) is 13.9. The lowest BCUT2D eigenvalue weighted by atomic mass is 10.1. The maximum absolute atomic E-state index is 12.3. The Kier molecular flexibility index (Phi) is 5.18. The predicted molar refractivity (Wildman–Crippen MR) is 82.1 cm³/mol. The van der Waals surface area contributed by atoms with Gasteiger partial charge in [-0.1, -0.05) is 5.16 Å². The molecule has 0 saturated carbocycles. The van der Waals surface area contributed by atoms with E-state index in [9.17, 15) is 14.4 Å². The summed E-state index contributed by atoms with van der Waals surface area (Å²) in [4.78, 5) is 38.8. The van der Waals surface area contributed by atoms with Gasteiger partial charge in [0.15, 0.2) is 6.61 Å². The smallest absolute Gasteiger partial charge is 0.377 e. The first kappa shape index (κ1) is 17.5. The highest BCUT2D eigenvalue weighted by Crippen LogP contribution is 2.19. The molecular formula is C16H18N2O6. The van der Waals surface area contributed by atoms with Crippen LogP contribution in [0.25, 0.3) is 0 Å². The van der Waals surface area contributed by atoms with Crippen molar-refractivity contribution < 1.29 is 28.4 Å². The Hall–Kier alpha value is -2.90. The highest BCUT2D eigenvalue weighted by molar-refractivity contribution is 6.04. The van der Waals surface area contributed by atoms with Gasteiger partial charge >= 0.3 is 11.9 Å². The van der Waals surface area contributed by atoms with Crippen molar-refractivity contribution in [1.29, 1.82) is 0 Å². The molecule has 0 aliphatic heterocycles. The first-order valence-electron chi connectivity index (χ1n) is 7.35. The van der Waals surface area contributed by atoms with E-state index in [2.05, 4.69) is 10.1 Å². The van der Waals surface area contributed by atoms with E-state index in [1.807, 2.05) is 0 Å². The second kappa shape index (κ2) is 7.12. The Morgan fingerprint density at radius 2 is 1.88 bits per heavy atom. The normalized spacial score (nSPS) is 10.5. The quantitative estimate of drug-likeness (QED) is 0.636. The molecule has 24 heavy (non-hydrogen) atoms. The van der Waals surface area contributed by atoms with Gasteiger partial charge in [-0.2, -0.15) is 0 Å². The molecule has 2 rings (SSSR count). The molecule has 8 nitrogen and oxygen atoms in total. The van der Waals surface area contributed by atoms with Crippen LogP contribution in [0.5, 0.6) is 0 Å². The summed E-state index contributed by atoms with van der Waals surface area (Å²) in [6, 6.07) is 1.42. The highest BCUT2D eigenvalue weighted by atomic mass is 16.6. The number of nitrogens with zero attached hydrogens (tertiary/aromatic N) is 1. The van der Waals surface area contributed by atoms with Crippen LogP contribution in [0.1, 0.15) is 55.3 Å². The minimum atomic E-state index is -0.777. The molecule has 0 saturated heterocycles. The predicted octanol–water partition coefficient (Wildman–Crippen LogP) is 2.14. The summed E-state index contributed by atoms with van der Waals surface area (Å²) >= 11 is 0. The van der Waals surface area contributed by atoms with E-state index < -0.39 is 24.3 Å². The van der Waals surface area contributed by atoms with Crippen LogP contribution in [0.3, 0.4) is 0 Å². The third kappa shape index (κ3) is 3.53. The average molecular weight is 334 g/mol. The fourth-order valence-electron chi connectivity index (χ4n) is 2.31. The second-order valence-corrected chi connectivity index (χ2v) is 5.18. The number of nitrogens with one attached hydrogen (secondary N) is 1. The number of esters is 2. The molecule has 0 spiro atoms. The Labute approximate surface area is 138 Å². The maximum Gasteiger partial charge on any atom is 0.377 e. The van der Waals surface area contributed by atoms with E-state index in [4.69, 9.17) is 14.0 Å². The first-order valence-corrected chi connectivity index (χ1v) is 7.35. The number of carbonyl (C=O) groups is 3. The largest absolute Gasteiger partial charge is 0.461 e. The maximum atomic E-state index is 12.3. The summed E-state index contributed by atoms with van der Waals surface area (Å²) in [7, 11) is 0. The van der Waals surface area contributed by atoms with Gasteiger partial charge in [-0.3, -0.25) is 4.79 Å². The molecule has 0 amide bonds. The lowest BCUT2D eigenvalue weighted by Gasteiger charge is -2.04. The molecular weight excluding hydrogens is 316 g/mol. The van der Waals surface area contributed by atoms with Crippen molar-refractivity contribution in [1.82, 2.24) is 10.1 Å². The van der Waals surface area contributed by atoms with Crippen LogP contribution >= 0.6 is 0 Å². The number of aromatic nitrogens is 2. The van der Waals surface area contributed by atoms with Gasteiger partial charge < -0.3 is 19.0 Å². The second-order valence-electron chi connectivity index (χ2n) is 5.18. The molecule has 0 bridgehead atoms. The molecule has 0 fully saturated rings. The number of hydrogen-bond donors (Lipinski definition) is 1. The topological polar surface area (TPSA) is 111 Å². The highest BCUT2D eigenvalue weighted by Gasteiger charge is 2.24. The number of carbonyl (C=O) groups excluding carboxylic acids is 3. The molecule has 0 aliphatic rings. The van der Waals surface area contributed by atoms with Crippen LogP contribution in [0.4, 0.5) is 0 Å². The number of Topliss-reactive ketones (excluding diaryl/α,β-unsaturated/α-hetero) is 1. The van der Waals surface area contributed by atoms with Crippen LogP contribution < -0.4 is 0 Å². The van der Waals surface area contributed by atoms with Crippen molar-refractivity contribution in [3.63, 3.8) is 0 Å². The first-order chi connectivity index (χ1) is 11.3. The molecule has 2 heterocycles. The van der Waals surface area contributed by atoms with Gasteiger partial charge in [0.2, 0.25) is 11.5 Å². The summed E-state index contributed by atoms with van der Waals surface area (Å²) in [6.07, 6.45) is 0. The van der Waals surface area contributed by atoms with Gasteiger partial charge in [0.1, 0.15) is 5.69 Å². The lowest BCUT2D eigenvalue weighted by Crippen LogP contribution is -2.15. The fraction of sp³-hybridized carbons (Fsp3) is 0.375. The lowest BCUT2D eigenvalue weighted by molar-refractivity contribution is 0.0434. The fourth-order valence-corrected chi connectivity index (χ4v) is 2.31. The van der Waals surface area contributed by atoms with Crippen molar-refractivity contribution in [3.8, 4) is 0 Å². The van der Waals surface area contributed by atoms with E-state index in [0.29, 0.717) is 22.5 Å². The number of H-pyrrole nitrogens is 1. The standard InChI is InChI=1S/C16H18N2O6/c1-5-22-16(21)14-9(3)13(10(4)17-14)11(19)7-23-15(20)12-6-8(2)18-24-12/h6,17H,5,7H2,1-4H3. The van der Waals surface area contributed by atoms with Gasteiger partial charge in [0.05, 0.1) is 12.3 Å². The van der Waals surface area contributed by atoms with Gasteiger partial charge in [-0.15, -0.1) is 0 Å². The Morgan fingerprint density at radius 1 is 1.17 bits per heavy atom. The van der Waals surface area contributed by atoms with Crippen molar-refractivity contribution >= 4 is 17.7 Å². The monoisotopic (exact) mass is 334 g/mol. The number of hydrogen-bond acceptors (Lipinski definition) is 7. The molecule has 2 aromatic rings. The third-order valence-electron chi connectivity index (χ3n) is 3.36. The average Bonchev–Trinajstić information content (AvgIpc) is 3.08. The Bertz CT molecular complexity index is 787. The number of aryl methyl sites for hydroxylation is 2. The number of ether oxygens (including phenoxy) is 2. The van der Waals surface area contributed by atoms with E-state index in [-0.39, 0.29) is 18.1 Å². The number of rotatable bonds is 6. The number of ketones is 1. The van der Waals surface area contributed by atoms with Gasteiger partial charge in [-0.25, -0.2) is 9.59 Å². The summed E-state index contributed by atoms with van der Waals surface area (Å²) in [5, 5.41) is 3.57. The minimum Gasteiger partial charge on any atom is -0.461 e. The summed E-state index contributed by atoms with van der Waals surface area (Å²) in [6.45, 7) is 6.40.